The molecule has 3 heterocycles. The number of ether oxygens (including phenoxy) is 1. The number of rotatable bonds is 6. The summed E-state index contributed by atoms with van der Waals surface area (Å²) in [4.78, 5) is 28.9. The largest absolute Gasteiger partial charge is 0.467 e. The van der Waals surface area contributed by atoms with Crippen LogP contribution < -0.4 is 5.32 Å². The average Bonchev–Trinajstić information content (AvgIpc) is 3.35. The van der Waals surface area contributed by atoms with Crippen molar-refractivity contribution in [3.8, 4) is 0 Å². The van der Waals surface area contributed by atoms with Crippen LogP contribution in [0.15, 0.2) is 22.8 Å². The van der Waals surface area contributed by atoms with Crippen molar-refractivity contribution in [2.24, 2.45) is 5.92 Å². The lowest BCUT2D eigenvalue weighted by Crippen LogP contribution is -2.44. The Morgan fingerprint density at radius 3 is 2.62 bits per heavy atom. The zero-order valence-corrected chi connectivity index (χ0v) is 18.0. The van der Waals surface area contributed by atoms with Crippen molar-refractivity contribution in [1.82, 2.24) is 15.1 Å². The standard InChI is InChI=1S/C22H35N3O4/c1-22(2,3)29-21(27)25-13-9-17(10-14-25)8-12-24-11-4-7-19(24)20(26)23-16-18-6-5-15-28-18/h5-6,15,17,19H,4,7-14,16H2,1-3H3,(H,23,26)/t19-/m0/s1. The van der Waals surface area contributed by atoms with E-state index in [-0.39, 0.29) is 18.0 Å². The molecule has 1 aromatic rings. The molecule has 0 aromatic carbocycles. The summed E-state index contributed by atoms with van der Waals surface area (Å²) in [5.74, 6) is 1.47. The molecule has 2 saturated heterocycles. The number of hydrogen-bond donors (Lipinski definition) is 1. The first kappa shape index (κ1) is 21.7. The van der Waals surface area contributed by atoms with Crippen molar-refractivity contribution in [1.29, 1.82) is 0 Å². The number of nitrogens with zero attached hydrogens (tertiary/aromatic N) is 2. The van der Waals surface area contributed by atoms with Gasteiger partial charge in [0.1, 0.15) is 11.4 Å². The summed E-state index contributed by atoms with van der Waals surface area (Å²) < 4.78 is 10.8. The van der Waals surface area contributed by atoms with Gasteiger partial charge in [0.15, 0.2) is 0 Å². The SMILES string of the molecule is CC(C)(C)OC(=O)N1CCC(CCN2CCC[C@H]2C(=O)NCc2ccco2)CC1. The first-order chi connectivity index (χ1) is 13.8. The minimum atomic E-state index is -0.448. The number of hydrogen-bond acceptors (Lipinski definition) is 5. The molecule has 0 unspecified atom stereocenters. The maximum absolute atomic E-state index is 12.6. The molecule has 0 bridgehead atoms. The van der Waals surface area contributed by atoms with Crippen molar-refractivity contribution in [3.05, 3.63) is 24.2 Å². The molecule has 2 amide bonds. The van der Waals surface area contributed by atoms with E-state index in [1.54, 1.807) is 6.26 Å². The summed E-state index contributed by atoms with van der Waals surface area (Å²) in [6, 6.07) is 3.67. The molecule has 1 N–H and O–H groups in total. The number of nitrogens with one attached hydrogen (secondary N) is 1. The van der Waals surface area contributed by atoms with Crippen LogP contribution >= 0.6 is 0 Å². The van der Waals surface area contributed by atoms with Crippen LogP contribution in [0.25, 0.3) is 0 Å². The van der Waals surface area contributed by atoms with E-state index in [1.165, 1.54) is 0 Å². The van der Waals surface area contributed by atoms with Gasteiger partial charge in [-0.3, -0.25) is 9.69 Å². The average molecular weight is 406 g/mol. The van der Waals surface area contributed by atoms with E-state index in [0.717, 1.165) is 64.0 Å². The Labute approximate surface area is 173 Å². The molecular weight excluding hydrogens is 370 g/mol. The highest BCUT2D eigenvalue weighted by Gasteiger charge is 2.32. The molecule has 162 valence electrons. The predicted molar refractivity (Wildman–Crippen MR) is 110 cm³/mol. The van der Waals surface area contributed by atoms with Gasteiger partial charge in [-0.1, -0.05) is 0 Å². The zero-order chi connectivity index (χ0) is 20.9. The molecular formula is C22H35N3O4. The maximum Gasteiger partial charge on any atom is 0.410 e. The number of piperidine rings is 1. The van der Waals surface area contributed by atoms with Gasteiger partial charge in [0.05, 0.1) is 18.8 Å². The van der Waals surface area contributed by atoms with Crippen LogP contribution in [0, 0.1) is 5.92 Å². The van der Waals surface area contributed by atoms with E-state index < -0.39 is 5.60 Å². The fourth-order valence-electron chi connectivity index (χ4n) is 4.17. The first-order valence-electron chi connectivity index (χ1n) is 10.8. The summed E-state index contributed by atoms with van der Waals surface area (Å²) >= 11 is 0. The fourth-order valence-corrected chi connectivity index (χ4v) is 4.17. The summed E-state index contributed by atoms with van der Waals surface area (Å²) in [6.07, 6.45) is 6.48. The third-order valence-corrected chi connectivity index (χ3v) is 5.77. The van der Waals surface area contributed by atoms with E-state index in [9.17, 15) is 9.59 Å². The van der Waals surface area contributed by atoms with Gasteiger partial charge in [0, 0.05) is 13.1 Å². The summed E-state index contributed by atoms with van der Waals surface area (Å²) in [7, 11) is 0. The van der Waals surface area contributed by atoms with E-state index in [0.29, 0.717) is 12.5 Å². The number of amides is 2. The Bertz CT molecular complexity index is 660. The predicted octanol–water partition coefficient (Wildman–Crippen LogP) is 3.40. The van der Waals surface area contributed by atoms with E-state index in [4.69, 9.17) is 9.15 Å². The topological polar surface area (TPSA) is 75.0 Å². The van der Waals surface area contributed by atoms with Gasteiger partial charge in [-0.05, 0) is 84.0 Å². The third kappa shape index (κ3) is 6.49. The molecule has 1 atom stereocenters. The van der Waals surface area contributed by atoms with Crippen molar-refractivity contribution < 1.29 is 18.7 Å². The Morgan fingerprint density at radius 1 is 1.21 bits per heavy atom. The number of carbonyl (C=O) groups is 2. The summed E-state index contributed by atoms with van der Waals surface area (Å²) in [5.41, 5.74) is -0.448. The van der Waals surface area contributed by atoms with Crippen molar-refractivity contribution in [2.45, 2.75) is 71.1 Å². The zero-order valence-electron chi connectivity index (χ0n) is 18.0. The van der Waals surface area contributed by atoms with Crippen LogP contribution in [0.2, 0.25) is 0 Å². The van der Waals surface area contributed by atoms with Crippen LogP contribution in [-0.4, -0.2) is 59.6 Å². The van der Waals surface area contributed by atoms with E-state index >= 15 is 0 Å². The lowest BCUT2D eigenvalue weighted by Gasteiger charge is -2.34. The molecule has 2 fully saturated rings. The van der Waals surface area contributed by atoms with Gasteiger partial charge in [0.25, 0.3) is 0 Å². The van der Waals surface area contributed by atoms with Gasteiger partial charge < -0.3 is 19.4 Å². The van der Waals surface area contributed by atoms with Gasteiger partial charge in [-0.2, -0.15) is 0 Å². The monoisotopic (exact) mass is 405 g/mol. The van der Waals surface area contributed by atoms with E-state index in [2.05, 4.69) is 10.2 Å². The van der Waals surface area contributed by atoms with Crippen LogP contribution in [0.1, 0.15) is 58.6 Å². The normalized spacial score (nSPS) is 21.3. The number of likely N-dealkylation sites (tertiary alicyclic amines) is 2. The number of furan rings is 1. The van der Waals surface area contributed by atoms with Gasteiger partial charge in [0.2, 0.25) is 5.91 Å². The Hall–Kier alpha value is -2.02. The van der Waals surface area contributed by atoms with Gasteiger partial charge >= 0.3 is 6.09 Å². The quantitative estimate of drug-likeness (QED) is 0.785. The van der Waals surface area contributed by atoms with Crippen molar-refractivity contribution >= 4 is 12.0 Å². The van der Waals surface area contributed by atoms with Crippen molar-refractivity contribution in [2.75, 3.05) is 26.2 Å². The Balaban J connectivity index is 1.38. The second kappa shape index (κ2) is 9.65. The Kier molecular flexibility index (Phi) is 7.22. The lowest BCUT2D eigenvalue weighted by atomic mass is 9.93. The summed E-state index contributed by atoms with van der Waals surface area (Å²) in [6.45, 7) is 9.57. The van der Waals surface area contributed by atoms with Crippen LogP contribution in [0.4, 0.5) is 4.79 Å². The molecule has 0 radical (unpaired) electrons. The minimum Gasteiger partial charge on any atom is -0.467 e. The number of carbonyl (C=O) groups excluding carboxylic acids is 2. The van der Waals surface area contributed by atoms with Crippen molar-refractivity contribution in [3.63, 3.8) is 0 Å². The molecule has 2 aliphatic rings. The highest BCUT2D eigenvalue weighted by Crippen LogP contribution is 2.25. The smallest absolute Gasteiger partial charge is 0.410 e. The molecule has 29 heavy (non-hydrogen) atoms. The maximum atomic E-state index is 12.6. The highest BCUT2D eigenvalue weighted by atomic mass is 16.6. The summed E-state index contributed by atoms with van der Waals surface area (Å²) in [5, 5.41) is 3.00. The fraction of sp³-hybridized carbons (Fsp3) is 0.727. The molecule has 7 heteroatoms. The molecule has 0 aliphatic carbocycles. The van der Waals surface area contributed by atoms with Crippen LogP contribution in [0.3, 0.4) is 0 Å². The van der Waals surface area contributed by atoms with Gasteiger partial charge in [-0.25, -0.2) is 4.79 Å². The highest BCUT2D eigenvalue weighted by molar-refractivity contribution is 5.81. The first-order valence-corrected chi connectivity index (χ1v) is 10.8. The second-order valence-electron chi connectivity index (χ2n) is 9.19. The molecule has 0 saturated carbocycles. The third-order valence-electron chi connectivity index (χ3n) is 5.77. The molecule has 0 spiro atoms. The minimum absolute atomic E-state index is 0.0354. The van der Waals surface area contributed by atoms with Gasteiger partial charge in [-0.15, -0.1) is 0 Å². The molecule has 2 aliphatic heterocycles. The molecule has 1 aromatic heterocycles. The van der Waals surface area contributed by atoms with Crippen LogP contribution in [0.5, 0.6) is 0 Å². The second-order valence-corrected chi connectivity index (χ2v) is 9.19. The van der Waals surface area contributed by atoms with E-state index in [1.807, 2.05) is 37.8 Å². The Morgan fingerprint density at radius 2 is 1.97 bits per heavy atom. The molecule has 7 nitrogen and oxygen atoms in total. The molecule has 3 rings (SSSR count). The lowest BCUT2D eigenvalue weighted by molar-refractivity contribution is -0.125. The van der Waals surface area contributed by atoms with Crippen LogP contribution in [-0.2, 0) is 16.1 Å².